The van der Waals surface area contributed by atoms with Crippen LogP contribution in [-0.2, 0) is 23.0 Å². The Balaban J connectivity index is 1.67. The summed E-state index contributed by atoms with van der Waals surface area (Å²) in [7, 11) is -2.17. The molecule has 0 radical (unpaired) electrons. The molecule has 0 atom stereocenters. The Morgan fingerprint density at radius 1 is 1.07 bits per heavy atom. The van der Waals surface area contributed by atoms with Gasteiger partial charge in [0.25, 0.3) is 10.0 Å². The number of sulfonamides is 1. The van der Waals surface area contributed by atoms with E-state index in [0.717, 1.165) is 42.9 Å². The molecule has 0 fully saturated rings. The van der Waals surface area contributed by atoms with Crippen molar-refractivity contribution in [3.8, 4) is 17.0 Å². The summed E-state index contributed by atoms with van der Waals surface area (Å²) < 4.78 is 35.6. The lowest BCUT2D eigenvalue weighted by atomic mass is 10.1. The van der Waals surface area contributed by atoms with E-state index in [1.165, 1.54) is 12.1 Å². The number of nitrogens with zero attached hydrogens (tertiary/aromatic N) is 2. The minimum atomic E-state index is -3.71. The average molecular weight is 383 g/mol. The lowest BCUT2D eigenvalue weighted by molar-refractivity contribution is 0.414. The second-order valence-corrected chi connectivity index (χ2v) is 8.20. The highest BCUT2D eigenvalue weighted by Gasteiger charge is 2.19. The van der Waals surface area contributed by atoms with E-state index in [4.69, 9.17) is 9.72 Å². The first kappa shape index (κ1) is 17.6. The summed E-state index contributed by atoms with van der Waals surface area (Å²) in [5.74, 6) is 1.67. The van der Waals surface area contributed by atoms with Gasteiger partial charge >= 0.3 is 0 Å². The van der Waals surface area contributed by atoms with E-state index >= 15 is 0 Å². The number of rotatable bonds is 5. The highest BCUT2D eigenvalue weighted by Crippen LogP contribution is 2.30. The molecular formula is C20H21N3O3S. The molecule has 27 heavy (non-hydrogen) atoms. The Bertz CT molecular complexity index is 1030. The number of aromatic nitrogens is 2. The van der Waals surface area contributed by atoms with Crippen LogP contribution in [0, 0.1) is 0 Å². The first-order valence-corrected chi connectivity index (χ1v) is 10.4. The maximum Gasteiger partial charge on any atom is 0.261 e. The van der Waals surface area contributed by atoms with Gasteiger partial charge in [-0.15, -0.1) is 0 Å². The van der Waals surface area contributed by atoms with Crippen molar-refractivity contribution in [2.75, 3.05) is 11.8 Å². The number of benzene rings is 2. The van der Waals surface area contributed by atoms with Crippen LogP contribution in [0.3, 0.4) is 0 Å². The fraction of sp³-hybridized carbons (Fsp3) is 0.250. The predicted octanol–water partition coefficient (Wildman–Crippen LogP) is 3.70. The number of hydrogen-bond acceptors (Lipinski definition) is 4. The van der Waals surface area contributed by atoms with Gasteiger partial charge in [-0.05, 0) is 43.2 Å². The molecule has 0 spiro atoms. The fourth-order valence-electron chi connectivity index (χ4n) is 3.30. The molecule has 2 heterocycles. The van der Waals surface area contributed by atoms with Gasteiger partial charge in [0.05, 0.1) is 23.4 Å². The number of hydrogen-bond donors (Lipinski definition) is 1. The molecule has 140 valence electrons. The standard InChI is InChI=1S/C20H21N3O3S/c1-26-15-9-11-16(12-10-15)27(24,25)22-18-7-3-2-6-17(18)19-14-23-13-5-4-8-20(23)21-19/h2-3,6-7,9-12,14,22H,4-5,8,13H2,1H3. The monoisotopic (exact) mass is 383 g/mol. The van der Waals surface area contributed by atoms with E-state index in [1.807, 2.05) is 24.4 Å². The Morgan fingerprint density at radius 2 is 1.85 bits per heavy atom. The first-order chi connectivity index (χ1) is 13.1. The Morgan fingerprint density at radius 3 is 2.59 bits per heavy atom. The molecule has 1 aromatic heterocycles. The summed E-state index contributed by atoms with van der Waals surface area (Å²) in [5.41, 5.74) is 2.08. The number of aryl methyl sites for hydroxylation is 2. The summed E-state index contributed by atoms with van der Waals surface area (Å²) in [6.07, 6.45) is 5.26. The highest BCUT2D eigenvalue weighted by atomic mass is 32.2. The van der Waals surface area contributed by atoms with Gasteiger partial charge in [0.15, 0.2) is 0 Å². The van der Waals surface area contributed by atoms with Crippen LogP contribution < -0.4 is 9.46 Å². The van der Waals surface area contributed by atoms with Gasteiger partial charge < -0.3 is 9.30 Å². The maximum absolute atomic E-state index is 12.8. The summed E-state index contributed by atoms with van der Waals surface area (Å²) in [4.78, 5) is 4.90. The number of para-hydroxylation sites is 1. The van der Waals surface area contributed by atoms with Crippen molar-refractivity contribution < 1.29 is 13.2 Å². The predicted molar refractivity (Wildman–Crippen MR) is 104 cm³/mol. The van der Waals surface area contributed by atoms with Gasteiger partial charge in [-0.2, -0.15) is 0 Å². The largest absolute Gasteiger partial charge is 0.497 e. The van der Waals surface area contributed by atoms with E-state index in [9.17, 15) is 8.42 Å². The molecule has 2 aromatic carbocycles. The molecule has 0 bridgehead atoms. The number of imidazole rings is 1. The molecule has 0 saturated carbocycles. The SMILES string of the molecule is COc1ccc(S(=O)(=O)Nc2ccccc2-c2cn3c(n2)CCCC3)cc1. The van der Waals surface area contributed by atoms with Crippen molar-refractivity contribution in [3.63, 3.8) is 0 Å². The molecular weight excluding hydrogens is 362 g/mol. The topological polar surface area (TPSA) is 73.2 Å². The van der Waals surface area contributed by atoms with Crippen molar-refractivity contribution in [3.05, 3.63) is 60.6 Å². The van der Waals surface area contributed by atoms with Gasteiger partial charge in [-0.1, -0.05) is 18.2 Å². The second kappa shape index (κ2) is 7.08. The lowest BCUT2D eigenvalue weighted by Crippen LogP contribution is -2.13. The van der Waals surface area contributed by atoms with Gasteiger partial charge in [0.1, 0.15) is 11.6 Å². The smallest absolute Gasteiger partial charge is 0.261 e. The van der Waals surface area contributed by atoms with Crippen LogP contribution in [0.15, 0.2) is 59.6 Å². The van der Waals surface area contributed by atoms with E-state index in [1.54, 1.807) is 25.3 Å². The molecule has 6 nitrogen and oxygen atoms in total. The zero-order chi connectivity index (χ0) is 18.9. The zero-order valence-corrected chi connectivity index (χ0v) is 15.9. The minimum Gasteiger partial charge on any atom is -0.497 e. The van der Waals surface area contributed by atoms with Crippen LogP contribution in [0.5, 0.6) is 5.75 Å². The third-order valence-electron chi connectivity index (χ3n) is 4.73. The third kappa shape index (κ3) is 3.55. The average Bonchev–Trinajstić information content (AvgIpc) is 3.12. The fourth-order valence-corrected chi connectivity index (χ4v) is 4.38. The molecule has 0 aliphatic carbocycles. The molecule has 7 heteroatoms. The minimum absolute atomic E-state index is 0.183. The highest BCUT2D eigenvalue weighted by molar-refractivity contribution is 7.92. The molecule has 1 N–H and O–H groups in total. The van der Waals surface area contributed by atoms with Crippen molar-refractivity contribution in [2.24, 2.45) is 0 Å². The summed E-state index contributed by atoms with van der Waals surface area (Å²) in [6, 6.07) is 13.7. The number of fused-ring (bicyclic) bond motifs is 1. The van der Waals surface area contributed by atoms with Crippen LogP contribution in [0.4, 0.5) is 5.69 Å². The molecule has 3 aromatic rings. The van der Waals surface area contributed by atoms with E-state index in [-0.39, 0.29) is 4.90 Å². The third-order valence-corrected chi connectivity index (χ3v) is 6.11. The van der Waals surface area contributed by atoms with Gasteiger partial charge in [0.2, 0.25) is 0 Å². The van der Waals surface area contributed by atoms with Crippen molar-refractivity contribution >= 4 is 15.7 Å². The van der Waals surface area contributed by atoms with Gasteiger partial charge in [0, 0.05) is 24.7 Å². The second-order valence-electron chi connectivity index (χ2n) is 6.52. The van der Waals surface area contributed by atoms with Crippen molar-refractivity contribution in [2.45, 2.75) is 30.7 Å². The van der Waals surface area contributed by atoms with Crippen LogP contribution in [0.2, 0.25) is 0 Å². The lowest BCUT2D eigenvalue weighted by Gasteiger charge is -2.12. The van der Waals surface area contributed by atoms with Crippen LogP contribution in [0.25, 0.3) is 11.3 Å². The van der Waals surface area contributed by atoms with E-state index < -0.39 is 10.0 Å². The normalized spacial score (nSPS) is 13.8. The first-order valence-electron chi connectivity index (χ1n) is 8.89. The van der Waals surface area contributed by atoms with E-state index in [2.05, 4.69) is 9.29 Å². The molecule has 0 amide bonds. The molecule has 0 saturated heterocycles. The van der Waals surface area contributed by atoms with Crippen molar-refractivity contribution in [1.29, 1.82) is 0 Å². The quantitative estimate of drug-likeness (QED) is 0.729. The molecule has 4 rings (SSSR count). The van der Waals surface area contributed by atoms with Crippen LogP contribution in [0.1, 0.15) is 18.7 Å². The van der Waals surface area contributed by atoms with Gasteiger partial charge in [-0.3, -0.25) is 4.72 Å². The van der Waals surface area contributed by atoms with Crippen LogP contribution in [-0.4, -0.2) is 25.1 Å². The Labute approximate surface area is 158 Å². The number of nitrogens with one attached hydrogen (secondary N) is 1. The summed E-state index contributed by atoms with van der Waals surface area (Å²) in [6.45, 7) is 0.960. The molecule has 0 unspecified atom stereocenters. The maximum atomic E-state index is 12.8. The van der Waals surface area contributed by atoms with Crippen LogP contribution >= 0.6 is 0 Å². The summed E-state index contributed by atoms with van der Waals surface area (Å²) >= 11 is 0. The molecule has 1 aliphatic rings. The zero-order valence-electron chi connectivity index (χ0n) is 15.1. The Kier molecular flexibility index (Phi) is 4.61. The number of anilines is 1. The number of ether oxygens (including phenoxy) is 1. The van der Waals surface area contributed by atoms with Gasteiger partial charge in [-0.25, -0.2) is 13.4 Å². The summed E-state index contributed by atoms with van der Waals surface area (Å²) in [5, 5.41) is 0. The Hall–Kier alpha value is -2.80. The van der Waals surface area contributed by atoms with E-state index in [0.29, 0.717) is 11.4 Å². The molecule has 1 aliphatic heterocycles. The number of methoxy groups -OCH3 is 1. The van der Waals surface area contributed by atoms with Crippen molar-refractivity contribution in [1.82, 2.24) is 9.55 Å².